The minimum absolute atomic E-state index is 0.00733. The zero-order valence-corrected chi connectivity index (χ0v) is 20.6. The van der Waals surface area contributed by atoms with E-state index in [1.165, 1.54) is 0 Å². The fraction of sp³-hybridized carbons (Fsp3) is 0.565. The van der Waals surface area contributed by atoms with Gasteiger partial charge in [-0.3, -0.25) is 14.6 Å². The third kappa shape index (κ3) is 6.38. The molecular formula is C23H34BrN5O2. The van der Waals surface area contributed by atoms with Gasteiger partial charge in [-0.25, -0.2) is 0 Å². The topological polar surface area (TPSA) is 107 Å². The Kier molecular flexibility index (Phi) is 8.40. The average molecular weight is 492 g/mol. The van der Waals surface area contributed by atoms with E-state index < -0.39 is 5.91 Å². The first-order valence-electron chi connectivity index (χ1n) is 10.6. The summed E-state index contributed by atoms with van der Waals surface area (Å²) in [6.07, 6.45) is 6.69. The van der Waals surface area contributed by atoms with Gasteiger partial charge in [0.2, 0.25) is 5.91 Å². The number of hydrogen-bond acceptors (Lipinski definition) is 5. The van der Waals surface area contributed by atoms with Crippen LogP contribution in [0.3, 0.4) is 0 Å². The predicted molar refractivity (Wildman–Crippen MR) is 127 cm³/mol. The Morgan fingerprint density at radius 3 is 2.48 bits per heavy atom. The number of rotatable bonds is 8. The van der Waals surface area contributed by atoms with Gasteiger partial charge < -0.3 is 21.4 Å². The van der Waals surface area contributed by atoms with E-state index in [1.54, 1.807) is 12.4 Å². The molecule has 7 nitrogen and oxygen atoms in total. The molecule has 2 atom stereocenters. The van der Waals surface area contributed by atoms with Crippen LogP contribution in [-0.2, 0) is 16.1 Å². The fourth-order valence-corrected chi connectivity index (χ4v) is 4.60. The second-order valence-electron chi connectivity index (χ2n) is 9.51. The Labute approximate surface area is 193 Å². The molecule has 0 bridgehead atoms. The monoisotopic (exact) mass is 491 g/mol. The van der Waals surface area contributed by atoms with Gasteiger partial charge in [-0.05, 0) is 63.2 Å². The van der Waals surface area contributed by atoms with Crippen molar-refractivity contribution in [2.45, 2.75) is 60.0 Å². The van der Waals surface area contributed by atoms with Gasteiger partial charge in [0, 0.05) is 31.2 Å². The summed E-state index contributed by atoms with van der Waals surface area (Å²) in [5, 5.41) is 16.7. The van der Waals surface area contributed by atoms with Crippen LogP contribution >= 0.6 is 15.9 Å². The number of aromatic nitrogens is 1. The van der Waals surface area contributed by atoms with E-state index in [0.717, 1.165) is 24.6 Å². The Balaban J connectivity index is 2.00. The van der Waals surface area contributed by atoms with Crippen molar-refractivity contribution >= 4 is 34.0 Å². The molecule has 1 aromatic heterocycles. The van der Waals surface area contributed by atoms with E-state index in [4.69, 9.17) is 5.41 Å². The molecule has 1 aromatic rings. The number of carbonyl (C=O) groups excluding carboxylic acids is 2. The Morgan fingerprint density at radius 1 is 1.23 bits per heavy atom. The lowest BCUT2D eigenvalue weighted by Gasteiger charge is -2.53. The lowest BCUT2D eigenvalue weighted by molar-refractivity contribution is -0.124. The molecular weight excluding hydrogens is 458 g/mol. The number of nitrogens with zero attached hydrogens (tertiary/aromatic N) is 1. The normalized spacial score (nSPS) is 22.6. The van der Waals surface area contributed by atoms with Crippen molar-refractivity contribution in [3.63, 3.8) is 0 Å². The highest BCUT2D eigenvalue weighted by molar-refractivity contribution is 9.12. The molecule has 31 heavy (non-hydrogen) atoms. The summed E-state index contributed by atoms with van der Waals surface area (Å²) in [5.41, 5.74) is 1.35. The summed E-state index contributed by atoms with van der Waals surface area (Å²) < 4.78 is 0.217. The van der Waals surface area contributed by atoms with Crippen molar-refractivity contribution < 1.29 is 9.59 Å². The number of carbonyl (C=O) groups is 2. The SMILES string of the molecule is C[C@@H]1CCC(C)(C)[C@@H](N/C(C=N)=C(\Br)C(=O)NCC(=O)NCc2ccncc2)C1(C)C. The lowest BCUT2D eigenvalue weighted by atomic mass is 9.57. The maximum atomic E-state index is 12.6. The third-order valence-electron chi connectivity index (χ3n) is 6.55. The van der Waals surface area contributed by atoms with Crippen molar-refractivity contribution in [3.8, 4) is 0 Å². The molecule has 0 aliphatic heterocycles. The van der Waals surface area contributed by atoms with Crippen LogP contribution in [0.1, 0.15) is 53.0 Å². The van der Waals surface area contributed by atoms with Gasteiger partial charge in [-0.15, -0.1) is 0 Å². The van der Waals surface area contributed by atoms with Gasteiger partial charge in [0.05, 0.1) is 12.2 Å². The minimum atomic E-state index is -0.440. The van der Waals surface area contributed by atoms with Crippen molar-refractivity contribution in [1.29, 1.82) is 5.41 Å². The number of hydrogen-bond donors (Lipinski definition) is 4. The highest BCUT2D eigenvalue weighted by atomic mass is 79.9. The molecule has 1 saturated carbocycles. The zero-order valence-electron chi connectivity index (χ0n) is 19.0. The van der Waals surface area contributed by atoms with E-state index in [1.807, 2.05) is 12.1 Å². The molecule has 0 aromatic carbocycles. The second kappa shape index (κ2) is 10.4. The first-order chi connectivity index (χ1) is 14.5. The van der Waals surface area contributed by atoms with Crippen molar-refractivity contribution in [2.75, 3.05) is 6.54 Å². The number of halogens is 1. The molecule has 0 radical (unpaired) electrons. The van der Waals surface area contributed by atoms with Crippen LogP contribution in [0.2, 0.25) is 0 Å². The van der Waals surface area contributed by atoms with E-state index >= 15 is 0 Å². The van der Waals surface area contributed by atoms with Gasteiger partial charge in [0.25, 0.3) is 5.91 Å². The lowest BCUT2D eigenvalue weighted by Crippen LogP contribution is -2.57. The smallest absolute Gasteiger partial charge is 0.260 e. The maximum absolute atomic E-state index is 12.6. The summed E-state index contributed by atoms with van der Waals surface area (Å²) in [7, 11) is 0. The van der Waals surface area contributed by atoms with E-state index in [9.17, 15) is 9.59 Å². The molecule has 0 unspecified atom stereocenters. The highest BCUT2D eigenvalue weighted by Crippen LogP contribution is 2.49. The molecule has 1 aliphatic carbocycles. The minimum Gasteiger partial charge on any atom is -0.379 e. The largest absolute Gasteiger partial charge is 0.379 e. The number of amides is 2. The summed E-state index contributed by atoms with van der Waals surface area (Å²) in [6.45, 7) is 11.4. The van der Waals surface area contributed by atoms with Gasteiger partial charge in [-0.2, -0.15) is 0 Å². The molecule has 1 fully saturated rings. The van der Waals surface area contributed by atoms with E-state index in [0.29, 0.717) is 18.2 Å². The molecule has 0 spiro atoms. The molecule has 8 heteroatoms. The zero-order chi connectivity index (χ0) is 23.2. The molecule has 2 rings (SSSR count). The number of pyridine rings is 1. The molecule has 1 heterocycles. The highest BCUT2D eigenvalue weighted by Gasteiger charge is 2.47. The van der Waals surface area contributed by atoms with E-state index in [2.05, 4.69) is 71.5 Å². The van der Waals surface area contributed by atoms with Crippen LogP contribution in [0.5, 0.6) is 0 Å². The van der Waals surface area contributed by atoms with Gasteiger partial charge in [-0.1, -0.05) is 34.6 Å². The maximum Gasteiger partial charge on any atom is 0.260 e. The molecule has 4 N–H and O–H groups in total. The van der Waals surface area contributed by atoms with Gasteiger partial charge >= 0.3 is 0 Å². The van der Waals surface area contributed by atoms with Gasteiger partial charge in [0.1, 0.15) is 4.48 Å². The molecule has 1 aliphatic rings. The molecule has 0 saturated heterocycles. The van der Waals surface area contributed by atoms with E-state index in [-0.39, 0.29) is 33.8 Å². The summed E-state index contributed by atoms with van der Waals surface area (Å²) in [4.78, 5) is 28.6. The van der Waals surface area contributed by atoms with Crippen LogP contribution in [0.15, 0.2) is 34.7 Å². The first-order valence-corrected chi connectivity index (χ1v) is 11.4. The summed E-state index contributed by atoms with van der Waals surface area (Å²) >= 11 is 3.33. The van der Waals surface area contributed by atoms with Crippen LogP contribution in [-0.4, -0.2) is 35.6 Å². The molecule has 170 valence electrons. The summed E-state index contributed by atoms with van der Waals surface area (Å²) in [6, 6.07) is 3.72. The fourth-order valence-electron chi connectivity index (χ4n) is 4.23. The first kappa shape index (κ1) is 25.0. The number of nitrogens with one attached hydrogen (secondary N) is 4. The second-order valence-corrected chi connectivity index (χ2v) is 10.3. The van der Waals surface area contributed by atoms with Gasteiger partial charge in [0.15, 0.2) is 0 Å². The molecule has 2 amide bonds. The van der Waals surface area contributed by atoms with Crippen molar-refractivity contribution in [1.82, 2.24) is 20.9 Å². The van der Waals surface area contributed by atoms with Crippen LogP contribution < -0.4 is 16.0 Å². The third-order valence-corrected chi connectivity index (χ3v) is 7.33. The Bertz CT molecular complexity index is 836. The average Bonchev–Trinajstić information content (AvgIpc) is 2.74. The Hall–Kier alpha value is -2.22. The number of allylic oxidation sites excluding steroid dienone is 1. The van der Waals surface area contributed by atoms with Crippen LogP contribution in [0.4, 0.5) is 0 Å². The summed E-state index contributed by atoms with van der Waals surface area (Å²) in [5.74, 6) is -0.218. The Morgan fingerprint density at radius 2 is 1.87 bits per heavy atom. The van der Waals surface area contributed by atoms with Crippen LogP contribution in [0.25, 0.3) is 0 Å². The van der Waals surface area contributed by atoms with Crippen molar-refractivity contribution in [2.24, 2.45) is 16.7 Å². The van der Waals surface area contributed by atoms with Crippen LogP contribution in [0, 0.1) is 22.2 Å². The standard InChI is InChI=1S/C23H34BrN5O2/c1-15-6-9-22(2,3)21(23(15,4)5)29-17(12-25)19(24)20(31)28-14-18(30)27-13-16-7-10-26-11-8-16/h7-8,10-12,15,21,25,29H,6,9,13-14H2,1-5H3,(H,27,30)(H,28,31)/b19-17-,25-12?/t15-,21-/m1/s1. The van der Waals surface area contributed by atoms with Crippen molar-refractivity contribution in [3.05, 3.63) is 40.3 Å². The predicted octanol–water partition coefficient (Wildman–Crippen LogP) is 3.51. The quantitative estimate of drug-likeness (QED) is 0.329.